The molecule has 0 atom stereocenters. The number of carbonyl (C=O) groups is 2. The topological polar surface area (TPSA) is 80.8 Å². The smallest absolute Gasteiger partial charge is 0.265 e. The lowest BCUT2D eigenvalue weighted by Gasteiger charge is -2.29. The van der Waals surface area contributed by atoms with Crippen LogP contribution in [0.4, 0.5) is 11.4 Å². The first kappa shape index (κ1) is 22.0. The number of nitrogens with zero attached hydrogens (tertiary/aromatic N) is 2. The minimum absolute atomic E-state index is 0.0947. The molecule has 0 saturated heterocycles. The maximum atomic E-state index is 12.8. The molecular formula is C24H25N3O4S. The van der Waals surface area contributed by atoms with Crippen LogP contribution in [0.5, 0.6) is 5.75 Å². The zero-order chi connectivity index (χ0) is 22.7. The number of hydrogen-bond acceptors (Lipinski definition) is 6. The second-order valence-corrected chi connectivity index (χ2v) is 8.58. The van der Waals surface area contributed by atoms with Crippen LogP contribution in [0.15, 0.2) is 41.8 Å². The predicted molar refractivity (Wildman–Crippen MR) is 126 cm³/mol. The number of nitrogens with one attached hydrogen (secondary N) is 1. The van der Waals surface area contributed by atoms with Crippen LogP contribution in [-0.2, 0) is 20.7 Å². The molecule has 0 radical (unpaired) electrons. The average Bonchev–Trinajstić information content (AvgIpc) is 3.25. The van der Waals surface area contributed by atoms with Gasteiger partial charge < -0.3 is 14.8 Å². The third-order valence-corrected chi connectivity index (χ3v) is 6.23. The number of para-hydroxylation sites is 1. The number of anilines is 2. The zero-order valence-electron chi connectivity index (χ0n) is 18.3. The maximum absolute atomic E-state index is 12.8. The van der Waals surface area contributed by atoms with E-state index in [-0.39, 0.29) is 25.0 Å². The Morgan fingerprint density at radius 1 is 1.25 bits per heavy atom. The second kappa shape index (κ2) is 9.50. The zero-order valence-corrected chi connectivity index (χ0v) is 19.1. The van der Waals surface area contributed by atoms with Gasteiger partial charge in [0.1, 0.15) is 12.3 Å². The third-order valence-electron chi connectivity index (χ3n) is 5.32. The van der Waals surface area contributed by atoms with Crippen molar-refractivity contribution in [3.05, 3.63) is 57.9 Å². The number of carbonyl (C=O) groups excluding carboxylic acids is 2. The highest BCUT2D eigenvalue weighted by molar-refractivity contribution is 7.09. The van der Waals surface area contributed by atoms with E-state index < -0.39 is 0 Å². The second-order valence-electron chi connectivity index (χ2n) is 7.64. The van der Waals surface area contributed by atoms with Gasteiger partial charge in [-0.1, -0.05) is 18.2 Å². The van der Waals surface area contributed by atoms with E-state index in [0.717, 1.165) is 39.5 Å². The monoisotopic (exact) mass is 451 g/mol. The molecule has 0 spiro atoms. The largest absolute Gasteiger partial charge is 0.482 e. The van der Waals surface area contributed by atoms with Crippen LogP contribution >= 0.6 is 11.3 Å². The number of ether oxygens (including phenoxy) is 2. The average molecular weight is 452 g/mol. The van der Waals surface area contributed by atoms with Gasteiger partial charge in [-0.2, -0.15) is 0 Å². The number of aryl methyl sites for hydroxylation is 2. The number of rotatable bonds is 7. The van der Waals surface area contributed by atoms with Crippen molar-refractivity contribution in [3.63, 3.8) is 0 Å². The molecule has 166 valence electrons. The maximum Gasteiger partial charge on any atom is 0.265 e. The van der Waals surface area contributed by atoms with Gasteiger partial charge in [0.05, 0.1) is 23.0 Å². The van der Waals surface area contributed by atoms with E-state index in [0.29, 0.717) is 18.0 Å². The number of thiazole rings is 1. The fourth-order valence-electron chi connectivity index (χ4n) is 3.62. The van der Waals surface area contributed by atoms with Crippen molar-refractivity contribution in [3.8, 4) is 17.0 Å². The summed E-state index contributed by atoms with van der Waals surface area (Å²) in [6, 6.07) is 11.4. The van der Waals surface area contributed by atoms with Gasteiger partial charge in [0.2, 0.25) is 5.91 Å². The Hall–Kier alpha value is -3.23. The van der Waals surface area contributed by atoms with E-state index in [9.17, 15) is 9.59 Å². The third kappa shape index (κ3) is 4.66. The van der Waals surface area contributed by atoms with Crippen LogP contribution in [0.3, 0.4) is 0 Å². The highest BCUT2D eigenvalue weighted by Gasteiger charge is 2.28. The van der Waals surface area contributed by atoms with Crippen molar-refractivity contribution < 1.29 is 19.1 Å². The Balaban J connectivity index is 1.57. The van der Waals surface area contributed by atoms with Crippen molar-refractivity contribution in [2.24, 2.45) is 0 Å². The lowest BCUT2D eigenvalue weighted by molar-refractivity contribution is -0.123. The highest BCUT2D eigenvalue weighted by atomic mass is 32.1. The summed E-state index contributed by atoms with van der Waals surface area (Å²) in [5.41, 5.74) is 4.98. The predicted octanol–water partition coefficient (Wildman–Crippen LogP) is 3.98. The number of benzene rings is 2. The van der Waals surface area contributed by atoms with Crippen LogP contribution in [0.25, 0.3) is 11.3 Å². The quantitative estimate of drug-likeness (QED) is 0.588. The van der Waals surface area contributed by atoms with Gasteiger partial charge in [-0.3, -0.25) is 14.5 Å². The van der Waals surface area contributed by atoms with Crippen LogP contribution in [0, 0.1) is 13.8 Å². The minimum Gasteiger partial charge on any atom is -0.482 e. The van der Waals surface area contributed by atoms with Crippen molar-refractivity contribution >= 4 is 34.5 Å². The Morgan fingerprint density at radius 3 is 2.78 bits per heavy atom. The highest BCUT2D eigenvalue weighted by Crippen LogP contribution is 2.36. The lowest BCUT2D eigenvalue weighted by atomic mass is 10.1. The van der Waals surface area contributed by atoms with E-state index in [2.05, 4.69) is 10.3 Å². The molecule has 4 rings (SSSR count). The van der Waals surface area contributed by atoms with Crippen LogP contribution in [0.1, 0.15) is 16.1 Å². The molecule has 0 saturated carbocycles. The van der Waals surface area contributed by atoms with E-state index in [1.54, 1.807) is 18.4 Å². The van der Waals surface area contributed by atoms with E-state index in [1.165, 1.54) is 4.90 Å². The number of amides is 2. The molecule has 0 aliphatic carbocycles. The first-order valence-corrected chi connectivity index (χ1v) is 11.2. The van der Waals surface area contributed by atoms with E-state index >= 15 is 0 Å². The molecule has 2 aromatic carbocycles. The summed E-state index contributed by atoms with van der Waals surface area (Å²) in [6.07, 6.45) is 0.748. The Bertz CT molecular complexity index is 1140. The molecule has 2 heterocycles. The molecule has 1 N–H and O–H groups in total. The number of hydrogen-bond donors (Lipinski definition) is 1. The molecular weight excluding hydrogens is 426 g/mol. The Morgan fingerprint density at radius 2 is 2.03 bits per heavy atom. The molecule has 0 bridgehead atoms. The van der Waals surface area contributed by atoms with Gasteiger partial charge in [0.15, 0.2) is 6.61 Å². The van der Waals surface area contributed by atoms with Gasteiger partial charge in [-0.25, -0.2) is 4.98 Å². The number of aromatic nitrogens is 1. The molecule has 1 aliphatic heterocycles. The van der Waals surface area contributed by atoms with Crippen molar-refractivity contribution in [2.75, 3.05) is 37.1 Å². The normalized spacial score (nSPS) is 13.0. The molecule has 2 amide bonds. The van der Waals surface area contributed by atoms with Crippen LogP contribution < -0.4 is 15.0 Å². The van der Waals surface area contributed by atoms with Gasteiger partial charge in [-0.15, -0.1) is 11.3 Å². The minimum atomic E-state index is -0.260. The SMILES string of the molecule is COCCc1nc(-c2ccc3c(c2)N(CC(=O)Nc2c(C)cccc2C)C(=O)CO3)cs1. The molecule has 0 fully saturated rings. The van der Waals surface area contributed by atoms with Crippen molar-refractivity contribution in [2.45, 2.75) is 20.3 Å². The van der Waals surface area contributed by atoms with E-state index in [4.69, 9.17) is 9.47 Å². The number of methoxy groups -OCH3 is 1. The van der Waals surface area contributed by atoms with Crippen LogP contribution in [-0.4, -0.2) is 43.7 Å². The van der Waals surface area contributed by atoms with Crippen LogP contribution in [0.2, 0.25) is 0 Å². The fourth-order valence-corrected chi connectivity index (χ4v) is 4.41. The summed E-state index contributed by atoms with van der Waals surface area (Å²) in [6.45, 7) is 4.31. The Kier molecular flexibility index (Phi) is 6.53. The van der Waals surface area contributed by atoms with Gasteiger partial charge in [0, 0.05) is 30.2 Å². The van der Waals surface area contributed by atoms with Gasteiger partial charge in [-0.05, 0) is 43.2 Å². The molecule has 3 aromatic rings. The summed E-state index contributed by atoms with van der Waals surface area (Å²) in [7, 11) is 1.67. The first-order chi connectivity index (χ1) is 15.5. The molecule has 0 unspecified atom stereocenters. The van der Waals surface area contributed by atoms with Gasteiger partial charge in [0.25, 0.3) is 5.91 Å². The first-order valence-electron chi connectivity index (χ1n) is 10.3. The summed E-state index contributed by atoms with van der Waals surface area (Å²) >= 11 is 1.57. The fraction of sp³-hybridized carbons (Fsp3) is 0.292. The summed E-state index contributed by atoms with van der Waals surface area (Å²) in [5, 5.41) is 5.92. The molecule has 8 heteroatoms. The summed E-state index contributed by atoms with van der Waals surface area (Å²) in [4.78, 5) is 31.6. The molecule has 1 aliphatic rings. The van der Waals surface area contributed by atoms with Gasteiger partial charge >= 0.3 is 0 Å². The molecule has 1 aromatic heterocycles. The standard InChI is InChI=1S/C24H25N3O4S/c1-15-5-4-6-16(2)24(15)26-21(28)12-27-19-11-17(7-8-20(19)31-13-23(27)29)18-14-32-22(25-18)9-10-30-3/h4-8,11,14H,9-10,12-13H2,1-3H3,(H,26,28). The molecule has 32 heavy (non-hydrogen) atoms. The Labute approximate surface area is 191 Å². The van der Waals surface area contributed by atoms with E-state index in [1.807, 2.05) is 55.6 Å². The summed E-state index contributed by atoms with van der Waals surface area (Å²) in [5.74, 6) is 0.0536. The van der Waals surface area contributed by atoms with Crippen molar-refractivity contribution in [1.82, 2.24) is 4.98 Å². The lowest BCUT2D eigenvalue weighted by Crippen LogP contribution is -2.43. The molecule has 7 nitrogen and oxygen atoms in total. The number of fused-ring (bicyclic) bond motifs is 1. The van der Waals surface area contributed by atoms with Crippen molar-refractivity contribution in [1.29, 1.82) is 0 Å². The summed E-state index contributed by atoms with van der Waals surface area (Å²) < 4.78 is 10.7.